The Kier molecular flexibility index (Phi) is 5.82. The van der Waals surface area contributed by atoms with Crippen molar-refractivity contribution in [3.8, 4) is 0 Å². The molecule has 0 unspecified atom stereocenters. The van der Waals surface area contributed by atoms with Gasteiger partial charge in [-0.3, -0.25) is 5.41 Å². The molecule has 1 heterocycles. The van der Waals surface area contributed by atoms with Gasteiger partial charge >= 0.3 is 0 Å². The van der Waals surface area contributed by atoms with E-state index in [1.54, 1.807) is 18.2 Å². The van der Waals surface area contributed by atoms with E-state index in [2.05, 4.69) is 9.98 Å². The molecule has 0 saturated heterocycles. The highest BCUT2D eigenvalue weighted by Crippen LogP contribution is 2.19. The van der Waals surface area contributed by atoms with Crippen molar-refractivity contribution < 1.29 is 9.13 Å². The molecule has 0 fully saturated rings. The smallest absolute Gasteiger partial charge is 0.215 e. The molecule has 23 heavy (non-hydrogen) atoms. The number of nitrogens with one attached hydrogen (secondary N) is 1. The molecule has 0 aromatic heterocycles. The minimum atomic E-state index is -0.335. The molecule has 0 saturated carbocycles. The Bertz CT molecular complexity index is 709. The molecule has 0 aromatic carbocycles. The highest BCUT2D eigenvalue weighted by atomic mass is 35.5. The van der Waals surface area contributed by atoms with Crippen molar-refractivity contribution in [2.45, 2.75) is 26.4 Å². The van der Waals surface area contributed by atoms with Crippen LogP contribution in [0.3, 0.4) is 0 Å². The van der Waals surface area contributed by atoms with Crippen molar-refractivity contribution in [1.29, 1.82) is 5.41 Å². The first-order chi connectivity index (χ1) is 11.0. The third-order valence-corrected chi connectivity index (χ3v) is 3.03. The van der Waals surface area contributed by atoms with Gasteiger partial charge in [0.15, 0.2) is 0 Å². The predicted molar refractivity (Wildman–Crippen MR) is 92.9 cm³/mol. The fourth-order valence-electron chi connectivity index (χ4n) is 1.91. The van der Waals surface area contributed by atoms with Gasteiger partial charge in [-0.2, -0.15) is 0 Å². The first-order valence-electron chi connectivity index (χ1n) is 7.15. The van der Waals surface area contributed by atoms with Gasteiger partial charge in [-0.15, -0.1) is 0 Å². The largest absolute Gasteiger partial charge is 0.496 e. The standard InChI is InChI=1S/C17H17ClFN3O/c1-11(2)23-10-16-15(22-17(18)20)9-8-14(21-16)12-4-3-5-13(19)7-6-12/h4-11,20H,3H2,1-2H3/b16-10-,20-17?,22-15-. The summed E-state index contributed by atoms with van der Waals surface area (Å²) in [5.41, 5.74) is 2.38. The van der Waals surface area contributed by atoms with Crippen LogP contribution in [0, 0.1) is 5.41 Å². The number of ether oxygens (including phenoxy) is 1. The number of halogens is 2. The van der Waals surface area contributed by atoms with E-state index in [9.17, 15) is 4.39 Å². The number of aliphatic imine (C=N–C) groups is 2. The summed E-state index contributed by atoms with van der Waals surface area (Å²) in [6.07, 6.45) is 11.9. The van der Waals surface area contributed by atoms with Crippen LogP contribution in [0.25, 0.3) is 0 Å². The van der Waals surface area contributed by atoms with Crippen LogP contribution < -0.4 is 0 Å². The van der Waals surface area contributed by atoms with Crippen molar-refractivity contribution in [2.24, 2.45) is 9.98 Å². The molecule has 0 amide bonds. The van der Waals surface area contributed by atoms with E-state index in [1.165, 1.54) is 18.4 Å². The summed E-state index contributed by atoms with van der Waals surface area (Å²) in [5, 5.41) is 6.96. The van der Waals surface area contributed by atoms with E-state index in [0.29, 0.717) is 23.5 Å². The van der Waals surface area contributed by atoms with Crippen LogP contribution in [0.15, 0.2) is 69.8 Å². The van der Waals surface area contributed by atoms with Gasteiger partial charge in [-0.05, 0) is 61.7 Å². The number of dihydropyridines is 1. The Morgan fingerprint density at radius 1 is 1.35 bits per heavy atom. The lowest BCUT2D eigenvalue weighted by atomic mass is 10.0. The van der Waals surface area contributed by atoms with Gasteiger partial charge in [0, 0.05) is 0 Å². The number of hydrogen-bond acceptors (Lipinski definition) is 3. The van der Waals surface area contributed by atoms with Crippen molar-refractivity contribution >= 4 is 28.3 Å². The Balaban J connectivity index is 2.34. The summed E-state index contributed by atoms with van der Waals surface area (Å²) in [4.78, 5) is 8.41. The molecule has 4 nitrogen and oxygen atoms in total. The van der Waals surface area contributed by atoms with Gasteiger partial charge < -0.3 is 4.74 Å². The maximum absolute atomic E-state index is 13.3. The molecule has 0 radical (unpaired) electrons. The molecule has 1 aliphatic heterocycles. The van der Waals surface area contributed by atoms with E-state index in [0.717, 1.165) is 5.57 Å². The first kappa shape index (κ1) is 17.1. The second-order valence-electron chi connectivity index (χ2n) is 5.12. The van der Waals surface area contributed by atoms with Gasteiger partial charge in [0.2, 0.25) is 5.29 Å². The molecule has 1 N–H and O–H groups in total. The predicted octanol–water partition coefficient (Wildman–Crippen LogP) is 4.62. The highest BCUT2D eigenvalue weighted by molar-refractivity contribution is 6.65. The van der Waals surface area contributed by atoms with E-state index in [-0.39, 0.29) is 17.2 Å². The zero-order chi connectivity index (χ0) is 16.8. The molecule has 0 atom stereocenters. The van der Waals surface area contributed by atoms with E-state index < -0.39 is 0 Å². The average molecular weight is 334 g/mol. The minimum Gasteiger partial charge on any atom is -0.496 e. The molecule has 2 aliphatic rings. The van der Waals surface area contributed by atoms with Gasteiger partial charge in [-0.25, -0.2) is 14.4 Å². The second kappa shape index (κ2) is 7.83. The Labute approximate surface area is 139 Å². The maximum Gasteiger partial charge on any atom is 0.215 e. The number of amidine groups is 1. The summed E-state index contributed by atoms with van der Waals surface area (Å²) in [7, 11) is 0. The quantitative estimate of drug-likeness (QED) is 0.348. The monoisotopic (exact) mass is 333 g/mol. The number of hydrogen-bond donors (Lipinski definition) is 1. The minimum absolute atomic E-state index is 0.0148. The first-order valence-corrected chi connectivity index (χ1v) is 7.53. The lowest BCUT2D eigenvalue weighted by Crippen LogP contribution is -2.11. The van der Waals surface area contributed by atoms with Gasteiger partial charge in [-0.1, -0.05) is 12.2 Å². The van der Waals surface area contributed by atoms with E-state index >= 15 is 0 Å². The molecule has 0 bridgehead atoms. The van der Waals surface area contributed by atoms with Crippen LogP contribution in [0.5, 0.6) is 0 Å². The molecule has 2 rings (SSSR count). The molecule has 6 heteroatoms. The summed E-state index contributed by atoms with van der Waals surface area (Å²) >= 11 is 5.54. The fraction of sp³-hybridized carbons (Fsp3) is 0.235. The van der Waals surface area contributed by atoms with Crippen LogP contribution in [0.2, 0.25) is 0 Å². The lowest BCUT2D eigenvalue weighted by molar-refractivity contribution is 0.178. The van der Waals surface area contributed by atoms with Crippen LogP contribution in [-0.4, -0.2) is 22.8 Å². The Morgan fingerprint density at radius 3 is 2.83 bits per heavy atom. The normalized spacial score (nSPS) is 21.2. The van der Waals surface area contributed by atoms with Gasteiger partial charge in [0.05, 0.1) is 17.5 Å². The number of rotatable bonds is 3. The van der Waals surface area contributed by atoms with Crippen molar-refractivity contribution in [3.63, 3.8) is 0 Å². The Hall–Kier alpha value is -2.27. The summed E-state index contributed by atoms with van der Waals surface area (Å²) in [6, 6.07) is 0. The molecule has 0 spiro atoms. The van der Waals surface area contributed by atoms with Crippen molar-refractivity contribution in [1.82, 2.24) is 0 Å². The van der Waals surface area contributed by atoms with Gasteiger partial charge in [0.1, 0.15) is 17.8 Å². The topological polar surface area (TPSA) is 57.8 Å². The zero-order valence-electron chi connectivity index (χ0n) is 12.9. The molecular weight excluding hydrogens is 317 g/mol. The van der Waals surface area contributed by atoms with Crippen LogP contribution in [0.1, 0.15) is 20.3 Å². The molecule has 120 valence electrons. The zero-order valence-corrected chi connectivity index (χ0v) is 13.6. The number of nitrogens with zero attached hydrogens (tertiary/aromatic N) is 2. The molecule has 1 aliphatic carbocycles. The van der Waals surface area contributed by atoms with Gasteiger partial charge in [0.25, 0.3) is 0 Å². The summed E-state index contributed by atoms with van der Waals surface area (Å²) < 4.78 is 18.7. The third kappa shape index (κ3) is 5.14. The summed E-state index contributed by atoms with van der Waals surface area (Å²) in [6.45, 7) is 3.79. The number of allylic oxidation sites excluding steroid dienone is 8. The lowest BCUT2D eigenvalue weighted by Gasteiger charge is -2.13. The van der Waals surface area contributed by atoms with E-state index in [4.69, 9.17) is 21.7 Å². The van der Waals surface area contributed by atoms with Crippen molar-refractivity contribution in [2.75, 3.05) is 0 Å². The Morgan fingerprint density at radius 2 is 2.13 bits per heavy atom. The van der Waals surface area contributed by atoms with E-state index in [1.807, 2.05) is 19.9 Å². The van der Waals surface area contributed by atoms with Crippen LogP contribution >= 0.6 is 11.6 Å². The third-order valence-electron chi connectivity index (χ3n) is 2.94. The maximum atomic E-state index is 13.3. The molecule has 0 aromatic rings. The molecular formula is C17H17ClFN3O. The summed E-state index contributed by atoms with van der Waals surface area (Å²) in [5.74, 6) is -0.270. The van der Waals surface area contributed by atoms with Crippen LogP contribution in [0.4, 0.5) is 4.39 Å². The second-order valence-corrected chi connectivity index (χ2v) is 5.48. The van der Waals surface area contributed by atoms with Crippen molar-refractivity contribution in [3.05, 3.63) is 59.8 Å². The SMILES string of the molecule is CC(C)O/C=C1\N=C(C2=CCC=C(F)C=C2)C=C\C1=N\C(=N)Cl. The highest BCUT2D eigenvalue weighted by Gasteiger charge is 2.14. The fourth-order valence-corrected chi connectivity index (χ4v) is 2.00. The van der Waals surface area contributed by atoms with Crippen LogP contribution in [-0.2, 0) is 4.74 Å². The average Bonchev–Trinajstić information content (AvgIpc) is 2.70.